The summed E-state index contributed by atoms with van der Waals surface area (Å²) in [5.74, 6) is 0. The molecule has 0 aliphatic heterocycles. The van der Waals surface area contributed by atoms with E-state index < -0.39 is 6.23 Å². The third kappa shape index (κ3) is 3.72. The topological polar surface area (TPSA) is 56.1 Å². The monoisotopic (exact) mass is 206 g/mol. The number of aliphatic hydroxyl groups excluding tert-OH is 1. The Balaban J connectivity index is 2.64. The summed E-state index contributed by atoms with van der Waals surface area (Å²) >= 11 is 0. The minimum atomic E-state index is -0.676. The average Bonchev–Trinajstić information content (AvgIpc) is 2.10. The molecule has 1 aromatic carbocycles. The number of hydrogen-bond acceptors (Lipinski definition) is 3. The lowest BCUT2D eigenvalue weighted by atomic mass is 10.1. The summed E-state index contributed by atoms with van der Waals surface area (Å²) in [4.78, 5) is 0. The Morgan fingerprint density at radius 1 is 1.40 bits per heavy atom. The second kappa shape index (κ2) is 4.94. The van der Waals surface area contributed by atoms with E-state index in [4.69, 9.17) is 5.41 Å². The Labute approximate surface area is 90.7 Å². The normalized spacial score (nSPS) is 12.3. The van der Waals surface area contributed by atoms with Crippen molar-refractivity contribution in [2.24, 2.45) is 0 Å². The van der Waals surface area contributed by atoms with Gasteiger partial charge in [-0.3, -0.25) is 0 Å². The van der Waals surface area contributed by atoms with Crippen LogP contribution in [-0.2, 0) is 0 Å². The summed E-state index contributed by atoms with van der Waals surface area (Å²) in [6.07, 6.45) is -0.322. The van der Waals surface area contributed by atoms with E-state index in [2.05, 4.69) is 12.2 Å². The smallest absolute Gasteiger partial charge is 0.129 e. The first-order valence-electron chi connectivity index (χ1n) is 5.05. The third-order valence-corrected chi connectivity index (χ3v) is 2.34. The first-order chi connectivity index (χ1) is 6.99. The van der Waals surface area contributed by atoms with Crippen molar-refractivity contribution in [3.05, 3.63) is 29.3 Å². The van der Waals surface area contributed by atoms with Gasteiger partial charge in [-0.2, -0.15) is 0 Å². The van der Waals surface area contributed by atoms with Crippen molar-refractivity contribution in [3.63, 3.8) is 0 Å². The predicted molar refractivity (Wildman–Crippen MR) is 63.6 cm³/mol. The Hall–Kier alpha value is -1.35. The predicted octanol–water partition coefficient (Wildman–Crippen LogP) is 2.46. The van der Waals surface area contributed by atoms with Crippen molar-refractivity contribution >= 4 is 11.4 Å². The second-order valence-electron chi connectivity index (χ2n) is 3.94. The van der Waals surface area contributed by atoms with Crippen LogP contribution in [0.5, 0.6) is 0 Å². The number of anilines is 1. The lowest BCUT2D eigenvalue weighted by molar-refractivity contribution is 0.211. The second-order valence-corrected chi connectivity index (χ2v) is 3.94. The largest absolute Gasteiger partial charge is 0.373 e. The summed E-state index contributed by atoms with van der Waals surface area (Å²) < 4.78 is 0. The molecule has 82 valence electrons. The molecule has 0 spiro atoms. The molecule has 0 amide bonds. The van der Waals surface area contributed by atoms with Crippen molar-refractivity contribution in [1.29, 1.82) is 5.41 Å². The van der Waals surface area contributed by atoms with Gasteiger partial charge < -0.3 is 15.8 Å². The number of hydrogen-bond donors (Lipinski definition) is 3. The quantitative estimate of drug-likeness (QED) is 0.523. The van der Waals surface area contributed by atoms with Crippen LogP contribution < -0.4 is 5.32 Å². The van der Waals surface area contributed by atoms with Gasteiger partial charge in [-0.1, -0.05) is 6.07 Å². The van der Waals surface area contributed by atoms with Crippen molar-refractivity contribution in [2.45, 2.75) is 33.4 Å². The number of benzene rings is 1. The van der Waals surface area contributed by atoms with Crippen LogP contribution in [0.3, 0.4) is 0 Å². The van der Waals surface area contributed by atoms with Gasteiger partial charge in [0.05, 0.1) is 0 Å². The van der Waals surface area contributed by atoms with Crippen LogP contribution in [0.2, 0.25) is 0 Å². The van der Waals surface area contributed by atoms with Gasteiger partial charge in [0.2, 0.25) is 0 Å². The van der Waals surface area contributed by atoms with Crippen LogP contribution in [0.4, 0.5) is 5.69 Å². The highest BCUT2D eigenvalue weighted by Crippen LogP contribution is 2.15. The maximum atomic E-state index is 9.58. The van der Waals surface area contributed by atoms with Crippen LogP contribution in [0.15, 0.2) is 18.2 Å². The number of rotatable bonds is 4. The van der Waals surface area contributed by atoms with Gasteiger partial charge in [0, 0.05) is 17.8 Å². The van der Waals surface area contributed by atoms with Crippen LogP contribution in [0.25, 0.3) is 0 Å². The van der Waals surface area contributed by atoms with Crippen molar-refractivity contribution in [3.8, 4) is 0 Å². The average molecular weight is 206 g/mol. The molecule has 0 heterocycles. The van der Waals surface area contributed by atoms with E-state index >= 15 is 0 Å². The standard InChI is InChI=1S/C12H18N2O/c1-8-4-5-11(6-9(8)2)14-12(15)7-10(3)13/h4-6,12-15H,7H2,1-3H3. The third-order valence-electron chi connectivity index (χ3n) is 2.34. The Morgan fingerprint density at radius 2 is 2.07 bits per heavy atom. The van der Waals surface area contributed by atoms with Gasteiger partial charge in [-0.15, -0.1) is 0 Å². The molecule has 0 radical (unpaired) electrons. The van der Waals surface area contributed by atoms with E-state index in [1.807, 2.05) is 25.1 Å². The lowest BCUT2D eigenvalue weighted by Gasteiger charge is -2.14. The van der Waals surface area contributed by atoms with Crippen molar-refractivity contribution < 1.29 is 5.11 Å². The number of aliphatic hydroxyl groups is 1. The van der Waals surface area contributed by atoms with Crippen LogP contribution >= 0.6 is 0 Å². The van der Waals surface area contributed by atoms with Crippen LogP contribution in [-0.4, -0.2) is 17.0 Å². The summed E-state index contributed by atoms with van der Waals surface area (Å²) in [7, 11) is 0. The van der Waals surface area contributed by atoms with Gasteiger partial charge >= 0.3 is 0 Å². The van der Waals surface area contributed by atoms with Gasteiger partial charge in [0.15, 0.2) is 0 Å². The van der Waals surface area contributed by atoms with Crippen molar-refractivity contribution in [2.75, 3.05) is 5.32 Å². The van der Waals surface area contributed by atoms with Gasteiger partial charge in [0.1, 0.15) is 6.23 Å². The van der Waals surface area contributed by atoms with Crippen LogP contribution in [0.1, 0.15) is 24.5 Å². The van der Waals surface area contributed by atoms with E-state index in [1.54, 1.807) is 6.92 Å². The molecule has 0 fully saturated rings. The number of aryl methyl sites for hydroxylation is 2. The summed E-state index contributed by atoms with van der Waals surface area (Å²) in [5, 5.41) is 19.8. The van der Waals surface area contributed by atoms with Gasteiger partial charge in [-0.25, -0.2) is 0 Å². The van der Waals surface area contributed by atoms with E-state index in [0.29, 0.717) is 12.1 Å². The fraction of sp³-hybridized carbons (Fsp3) is 0.417. The molecule has 1 aromatic rings. The molecule has 1 rings (SSSR count). The van der Waals surface area contributed by atoms with Gasteiger partial charge in [0.25, 0.3) is 0 Å². The highest BCUT2D eigenvalue weighted by Gasteiger charge is 2.05. The Bertz CT molecular complexity index is 361. The minimum Gasteiger partial charge on any atom is -0.373 e. The molecule has 3 N–H and O–H groups in total. The van der Waals surface area contributed by atoms with Gasteiger partial charge in [-0.05, 0) is 44.0 Å². The molecule has 15 heavy (non-hydrogen) atoms. The maximum absolute atomic E-state index is 9.58. The fourth-order valence-electron chi connectivity index (χ4n) is 1.36. The first kappa shape index (κ1) is 11.7. The molecule has 0 aliphatic carbocycles. The Kier molecular flexibility index (Phi) is 3.86. The number of nitrogens with one attached hydrogen (secondary N) is 2. The Morgan fingerprint density at radius 3 is 2.60 bits per heavy atom. The summed E-state index contributed by atoms with van der Waals surface area (Å²) in [5.41, 5.74) is 3.79. The van der Waals surface area contributed by atoms with E-state index in [-0.39, 0.29) is 0 Å². The molecule has 0 saturated carbocycles. The highest BCUT2D eigenvalue weighted by atomic mass is 16.3. The van der Waals surface area contributed by atoms with Crippen LogP contribution in [0, 0.1) is 19.3 Å². The molecule has 3 nitrogen and oxygen atoms in total. The fourth-order valence-corrected chi connectivity index (χ4v) is 1.36. The SMILES string of the molecule is CC(=N)CC(O)Nc1ccc(C)c(C)c1. The molecule has 0 aliphatic rings. The molecule has 0 bridgehead atoms. The van der Waals surface area contributed by atoms with E-state index in [1.165, 1.54) is 11.1 Å². The molecule has 1 unspecified atom stereocenters. The lowest BCUT2D eigenvalue weighted by Crippen LogP contribution is -2.21. The molecule has 1 atom stereocenters. The molecule has 3 heteroatoms. The minimum absolute atomic E-state index is 0.354. The zero-order valence-corrected chi connectivity index (χ0v) is 9.46. The zero-order chi connectivity index (χ0) is 11.4. The molecule has 0 saturated heterocycles. The molecular formula is C12H18N2O. The maximum Gasteiger partial charge on any atom is 0.129 e. The molecule has 0 aromatic heterocycles. The highest BCUT2D eigenvalue weighted by molar-refractivity contribution is 5.79. The van der Waals surface area contributed by atoms with E-state index in [0.717, 1.165) is 5.69 Å². The van der Waals surface area contributed by atoms with E-state index in [9.17, 15) is 5.11 Å². The molecular weight excluding hydrogens is 188 g/mol. The van der Waals surface area contributed by atoms with Crippen molar-refractivity contribution in [1.82, 2.24) is 0 Å². The summed E-state index contributed by atoms with van der Waals surface area (Å²) in [6.45, 7) is 5.78. The summed E-state index contributed by atoms with van der Waals surface area (Å²) in [6, 6.07) is 5.95. The first-order valence-corrected chi connectivity index (χ1v) is 5.05. The zero-order valence-electron chi connectivity index (χ0n) is 9.46.